The van der Waals surface area contributed by atoms with Crippen LogP contribution in [0.1, 0.15) is 22.6 Å². The van der Waals surface area contributed by atoms with Crippen molar-refractivity contribution in [1.82, 2.24) is 34.7 Å². The summed E-state index contributed by atoms with van der Waals surface area (Å²) in [5, 5.41) is 12.2. The van der Waals surface area contributed by atoms with Gasteiger partial charge in [-0.3, -0.25) is 9.36 Å². The van der Waals surface area contributed by atoms with E-state index < -0.39 is 0 Å². The molecule has 5 rings (SSSR count). The van der Waals surface area contributed by atoms with Crippen molar-refractivity contribution < 1.29 is 4.52 Å². The first kappa shape index (κ1) is 18.9. The van der Waals surface area contributed by atoms with Crippen LogP contribution in [0.3, 0.4) is 0 Å². The Morgan fingerprint density at radius 1 is 0.935 bits per heavy atom. The first-order valence-corrected chi connectivity index (χ1v) is 9.80. The summed E-state index contributed by atoms with van der Waals surface area (Å²) in [5.41, 5.74) is 4.56. The van der Waals surface area contributed by atoms with E-state index in [1.807, 2.05) is 62.4 Å². The lowest BCUT2D eigenvalue weighted by Crippen LogP contribution is -2.21. The van der Waals surface area contributed by atoms with Crippen LogP contribution in [0.25, 0.3) is 22.6 Å². The minimum Gasteiger partial charge on any atom is -0.337 e. The van der Waals surface area contributed by atoms with Crippen molar-refractivity contribution in [3.8, 4) is 11.4 Å². The molecule has 9 nitrogen and oxygen atoms in total. The minimum absolute atomic E-state index is 0.103. The molecule has 0 saturated heterocycles. The normalized spacial score (nSPS) is 11.3. The Balaban J connectivity index is 1.40. The summed E-state index contributed by atoms with van der Waals surface area (Å²) >= 11 is 0. The van der Waals surface area contributed by atoms with E-state index in [9.17, 15) is 4.79 Å². The van der Waals surface area contributed by atoms with Crippen molar-refractivity contribution in [2.75, 3.05) is 0 Å². The van der Waals surface area contributed by atoms with Crippen molar-refractivity contribution in [1.29, 1.82) is 0 Å². The number of aromatic nitrogens is 7. The van der Waals surface area contributed by atoms with Gasteiger partial charge in [-0.15, -0.1) is 5.10 Å². The van der Waals surface area contributed by atoms with Gasteiger partial charge in [-0.05, 0) is 19.4 Å². The molecular formula is C22H19N7O2. The maximum atomic E-state index is 12.9. The molecule has 3 aromatic heterocycles. The molecule has 0 saturated carbocycles. The minimum atomic E-state index is -0.310. The van der Waals surface area contributed by atoms with Crippen LogP contribution in [0.5, 0.6) is 0 Å². The molecule has 0 aliphatic rings. The number of aryl methyl sites for hydroxylation is 2. The van der Waals surface area contributed by atoms with Gasteiger partial charge in [0.25, 0.3) is 5.56 Å². The average Bonchev–Trinajstić information content (AvgIpc) is 3.40. The Labute approximate surface area is 177 Å². The molecule has 2 aromatic carbocycles. The smallest absolute Gasteiger partial charge is 0.283 e. The zero-order chi connectivity index (χ0) is 21.4. The molecule has 0 bridgehead atoms. The molecule has 0 aliphatic heterocycles. The molecule has 0 spiro atoms. The molecule has 3 heterocycles. The van der Waals surface area contributed by atoms with Crippen molar-refractivity contribution in [3.63, 3.8) is 0 Å². The summed E-state index contributed by atoms with van der Waals surface area (Å²) in [6, 6.07) is 15.9. The van der Waals surface area contributed by atoms with Crippen molar-refractivity contribution >= 4 is 11.2 Å². The highest BCUT2D eigenvalue weighted by molar-refractivity contribution is 5.67. The third-order valence-electron chi connectivity index (χ3n) is 5.03. The maximum Gasteiger partial charge on any atom is 0.283 e. The van der Waals surface area contributed by atoms with Gasteiger partial charge < -0.3 is 4.52 Å². The lowest BCUT2D eigenvalue weighted by molar-refractivity contribution is 0.369. The van der Waals surface area contributed by atoms with E-state index in [0.717, 1.165) is 16.7 Å². The number of nitrogens with zero attached hydrogens (tertiary/aromatic N) is 7. The van der Waals surface area contributed by atoms with Crippen LogP contribution in [-0.2, 0) is 13.1 Å². The van der Waals surface area contributed by atoms with Crippen LogP contribution >= 0.6 is 0 Å². The van der Waals surface area contributed by atoms with E-state index in [1.165, 1.54) is 16.5 Å². The van der Waals surface area contributed by atoms with E-state index in [4.69, 9.17) is 4.52 Å². The molecule has 0 N–H and O–H groups in total. The lowest BCUT2D eigenvalue weighted by atomic mass is 10.1. The lowest BCUT2D eigenvalue weighted by Gasteiger charge is -2.04. The van der Waals surface area contributed by atoms with Crippen LogP contribution in [0.4, 0.5) is 0 Å². The molecule has 0 aliphatic carbocycles. The zero-order valence-electron chi connectivity index (χ0n) is 17.1. The second-order valence-corrected chi connectivity index (χ2v) is 7.46. The topological polar surface area (TPSA) is 105 Å². The molecule has 9 heteroatoms. The van der Waals surface area contributed by atoms with Gasteiger partial charge in [-0.25, -0.2) is 9.67 Å². The van der Waals surface area contributed by atoms with Crippen LogP contribution in [0, 0.1) is 13.8 Å². The fourth-order valence-corrected chi connectivity index (χ4v) is 3.26. The largest absolute Gasteiger partial charge is 0.337 e. The van der Waals surface area contributed by atoms with Crippen LogP contribution in [0.15, 0.2) is 64.2 Å². The quantitative estimate of drug-likeness (QED) is 0.436. The fourth-order valence-electron chi connectivity index (χ4n) is 3.26. The molecule has 0 radical (unpaired) electrons. The number of hydrogen-bond donors (Lipinski definition) is 0. The van der Waals surface area contributed by atoms with Gasteiger partial charge in [0.1, 0.15) is 12.9 Å². The van der Waals surface area contributed by atoms with E-state index >= 15 is 0 Å². The fraction of sp³-hybridized carbons (Fsp3) is 0.182. The van der Waals surface area contributed by atoms with Crippen molar-refractivity contribution in [2.45, 2.75) is 26.9 Å². The summed E-state index contributed by atoms with van der Waals surface area (Å²) in [6.07, 6.45) is 1.45. The Hall–Kier alpha value is -4.14. The third kappa shape index (κ3) is 3.73. The summed E-state index contributed by atoms with van der Waals surface area (Å²) in [7, 11) is 0. The Kier molecular flexibility index (Phi) is 4.62. The van der Waals surface area contributed by atoms with Gasteiger partial charge in [-0.2, -0.15) is 4.98 Å². The second kappa shape index (κ2) is 7.60. The Bertz CT molecular complexity index is 1410. The van der Waals surface area contributed by atoms with E-state index in [-0.39, 0.29) is 17.6 Å². The molecular weight excluding hydrogens is 394 g/mol. The highest BCUT2D eigenvalue weighted by atomic mass is 16.5. The zero-order valence-corrected chi connectivity index (χ0v) is 17.1. The molecule has 0 unspecified atom stereocenters. The number of fused-ring (bicyclic) bond motifs is 1. The first-order chi connectivity index (χ1) is 15.1. The highest BCUT2D eigenvalue weighted by Crippen LogP contribution is 2.16. The van der Waals surface area contributed by atoms with E-state index in [2.05, 4.69) is 25.4 Å². The summed E-state index contributed by atoms with van der Waals surface area (Å²) in [4.78, 5) is 21.7. The summed E-state index contributed by atoms with van der Waals surface area (Å²) in [6.45, 7) is 4.63. The first-order valence-electron chi connectivity index (χ1n) is 9.80. The van der Waals surface area contributed by atoms with Crippen LogP contribution in [-0.4, -0.2) is 34.7 Å². The van der Waals surface area contributed by atoms with Crippen LogP contribution < -0.4 is 5.56 Å². The molecule has 0 atom stereocenters. The standard InChI is InChI=1S/C22H19N7O2/c1-14-3-7-16(8-4-14)11-29-21-19(25-27-29)22(30)28(13-23-21)12-18-24-20(26-31-18)17-9-5-15(2)6-10-17/h3-10,13H,11-12H2,1-2H3. The Morgan fingerprint density at radius 3 is 2.39 bits per heavy atom. The molecule has 0 fully saturated rings. The van der Waals surface area contributed by atoms with Crippen LogP contribution in [0.2, 0.25) is 0 Å². The van der Waals surface area contributed by atoms with Gasteiger partial charge >= 0.3 is 0 Å². The predicted molar refractivity (Wildman–Crippen MR) is 113 cm³/mol. The molecule has 154 valence electrons. The SMILES string of the molecule is Cc1ccc(Cn2nnc3c(=O)n(Cc4nc(-c5ccc(C)cc5)no4)cnc32)cc1. The summed E-state index contributed by atoms with van der Waals surface area (Å²) < 4.78 is 8.33. The second-order valence-electron chi connectivity index (χ2n) is 7.46. The maximum absolute atomic E-state index is 12.9. The van der Waals surface area contributed by atoms with Gasteiger partial charge in [0.15, 0.2) is 11.2 Å². The molecule has 5 aromatic rings. The highest BCUT2D eigenvalue weighted by Gasteiger charge is 2.15. The third-order valence-corrected chi connectivity index (χ3v) is 5.03. The van der Waals surface area contributed by atoms with Gasteiger partial charge in [0, 0.05) is 5.56 Å². The van der Waals surface area contributed by atoms with E-state index in [0.29, 0.717) is 23.9 Å². The number of rotatable bonds is 5. The van der Waals surface area contributed by atoms with Crippen molar-refractivity contribution in [2.24, 2.45) is 0 Å². The summed E-state index contributed by atoms with van der Waals surface area (Å²) in [5.74, 6) is 0.784. The van der Waals surface area contributed by atoms with E-state index in [1.54, 1.807) is 4.68 Å². The monoisotopic (exact) mass is 413 g/mol. The molecule has 0 amide bonds. The van der Waals surface area contributed by atoms with Crippen molar-refractivity contribution in [3.05, 3.63) is 87.8 Å². The molecule has 31 heavy (non-hydrogen) atoms. The van der Waals surface area contributed by atoms with Gasteiger partial charge in [0.2, 0.25) is 11.7 Å². The number of benzene rings is 2. The predicted octanol–water partition coefficient (Wildman–Crippen LogP) is 2.75. The Morgan fingerprint density at radius 2 is 1.65 bits per heavy atom. The van der Waals surface area contributed by atoms with Gasteiger partial charge in [0.05, 0.1) is 6.54 Å². The number of hydrogen-bond acceptors (Lipinski definition) is 7. The average molecular weight is 413 g/mol. The van der Waals surface area contributed by atoms with Gasteiger partial charge in [-0.1, -0.05) is 70.0 Å².